The summed E-state index contributed by atoms with van der Waals surface area (Å²) in [6, 6.07) is 1.18. The average molecular weight is 251 g/mol. The predicted molar refractivity (Wildman–Crippen MR) is 54.3 cm³/mol. The number of nitrogens with zero attached hydrogens (tertiary/aromatic N) is 1. The van der Waals surface area contributed by atoms with E-state index in [9.17, 15) is 13.6 Å². The van der Waals surface area contributed by atoms with Crippen LogP contribution in [0.5, 0.6) is 0 Å². The second-order valence-electron chi connectivity index (χ2n) is 2.96. The molecule has 1 heterocycles. The molecule has 0 amide bonds. The van der Waals surface area contributed by atoms with Crippen LogP contribution in [0.15, 0.2) is 6.07 Å². The molecule has 16 heavy (non-hydrogen) atoms. The molecule has 0 aliphatic rings. The van der Waals surface area contributed by atoms with Gasteiger partial charge < -0.3 is 10.5 Å². The fraction of sp³-hybridized carbons (Fsp3) is 0.333. The molecule has 88 valence electrons. The molecule has 4 nitrogen and oxygen atoms in total. The molecule has 7 heteroatoms. The molecule has 0 aliphatic carbocycles. The molecule has 0 saturated carbocycles. The number of halogens is 3. The van der Waals surface area contributed by atoms with Gasteiger partial charge in [-0.1, -0.05) is 11.6 Å². The van der Waals surface area contributed by atoms with E-state index >= 15 is 0 Å². The number of nitrogen functional groups attached to an aromatic ring is 1. The summed E-state index contributed by atoms with van der Waals surface area (Å²) in [5, 5.41) is -0.395. The van der Waals surface area contributed by atoms with E-state index in [4.69, 9.17) is 17.3 Å². The van der Waals surface area contributed by atoms with Crippen molar-refractivity contribution in [1.82, 2.24) is 4.98 Å². The van der Waals surface area contributed by atoms with E-state index in [1.54, 1.807) is 0 Å². The molecule has 0 unspecified atom stereocenters. The maximum atomic E-state index is 12.5. The highest BCUT2D eigenvalue weighted by molar-refractivity contribution is 6.30. The van der Waals surface area contributed by atoms with Crippen LogP contribution in [-0.4, -0.2) is 18.1 Å². The molecule has 1 rings (SSSR count). The summed E-state index contributed by atoms with van der Waals surface area (Å²) in [7, 11) is 1.21. The Morgan fingerprint density at radius 1 is 1.69 bits per heavy atom. The largest absolute Gasteiger partial charge is 0.469 e. The number of esters is 1. The van der Waals surface area contributed by atoms with Crippen LogP contribution in [0.25, 0.3) is 0 Å². The number of hydrogen-bond acceptors (Lipinski definition) is 4. The molecule has 1 aromatic rings. The number of hydrogen-bond donors (Lipinski definition) is 1. The van der Waals surface area contributed by atoms with Crippen LogP contribution in [0.3, 0.4) is 0 Å². The van der Waals surface area contributed by atoms with Gasteiger partial charge in [-0.15, -0.1) is 0 Å². The normalized spacial score (nSPS) is 10.6. The van der Waals surface area contributed by atoms with Crippen molar-refractivity contribution < 1.29 is 18.3 Å². The molecule has 0 radical (unpaired) electrons. The highest BCUT2D eigenvalue weighted by Gasteiger charge is 2.19. The fourth-order valence-corrected chi connectivity index (χ4v) is 1.42. The van der Waals surface area contributed by atoms with E-state index in [-0.39, 0.29) is 17.8 Å². The third-order valence-electron chi connectivity index (χ3n) is 1.87. The van der Waals surface area contributed by atoms with Crippen molar-refractivity contribution >= 4 is 23.3 Å². The minimum atomic E-state index is -2.80. The van der Waals surface area contributed by atoms with Crippen LogP contribution in [-0.2, 0) is 16.0 Å². The third kappa shape index (κ3) is 2.79. The summed E-state index contributed by atoms with van der Waals surface area (Å²) < 4.78 is 29.3. The van der Waals surface area contributed by atoms with Crippen molar-refractivity contribution in [3.8, 4) is 0 Å². The smallest absolute Gasteiger partial charge is 0.311 e. The molecule has 0 aromatic carbocycles. The number of carbonyl (C=O) groups excluding carboxylic acids is 1. The zero-order valence-electron chi connectivity index (χ0n) is 8.34. The summed E-state index contributed by atoms with van der Waals surface area (Å²) in [5.74, 6) is -0.548. The number of carbonyl (C=O) groups is 1. The molecule has 0 aliphatic heterocycles. The second-order valence-corrected chi connectivity index (χ2v) is 3.32. The van der Waals surface area contributed by atoms with Gasteiger partial charge in [0.25, 0.3) is 6.43 Å². The molecule has 1 aromatic heterocycles. The lowest BCUT2D eigenvalue weighted by molar-refractivity contribution is -0.139. The first kappa shape index (κ1) is 12.6. The average Bonchev–Trinajstić information content (AvgIpc) is 2.15. The minimum absolute atomic E-state index is 0.163. The van der Waals surface area contributed by atoms with Gasteiger partial charge in [0.1, 0.15) is 5.15 Å². The maximum absolute atomic E-state index is 12.5. The van der Waals surface area contributed by atoms with Crippen molar-refractivity contribution in [2.24, 2.45) is 0 Å². The summed E-state index contributed by atoms with van der Waals surface area (Å²) >= 11 is 5.53. The first-order valence-electron chi connectivity index (χ1n) is 4.25. The Labute approximate surface area is 95.4 Å². The van der Waals surface area contributed by atoms with Gasteiger partial charge in [-0.05, 0) is 6.07 Å². The summed E-state index contributed by atoms with van der Waals surface area (Å²) in [5.41, 5.74) is 4.87. The van der Waals surface area contributed by atoms with Gasteiger partial charge in [0, 0.05) is 5.69 Å². The number of pyridine rings is 1. The quantitative estimate of drug-likeness (QED) is 0.658. The topological polar surface area (TPSA) is 65.2 Å². The van der Waals surface area contributed by atoms with Crippen LogP contribution in [0.4, 0.5) is 14.5 Å². The molecule has 0 atom stereocenters. The SMILES string of the molecule is COC(=O)Cc1cc(N)c(C(F)F)c(Cl)n1. The third-order valence-corrected chi connectivity index (χ3v) is 2.16. The predicted octanol–water partition coefficient (Wildman–Crippen LogP) is 1.97. The van der Waals surface area contributed by atoms with Gasteiger partial charge in [-0.2, -0.15) is 0 Å². The Balaban J connectivity index is 3.05. The fourth-order valence-electron chi connectivity index (χ4n) is 1.12. The van der Waals surface area contributed by atoms with Crippen LogP contribution in [0, 0.1) is 0 Å². The Morgan fingerprint density at radius 3 is 2.75 bits per heavy atom. The number of rotatable bonds is 3. The van der Waals surface area contributed by atoms with Crippen LogP contribution in [0.1, 0.15) is 17.7 Å². The van der Waals surface area contributed by atoms with Gasteiger partial charge in [0.2, 0.25) is 0 Å². The van der Waals surface area contributed by atoms with Gasteiger partial charge in [0.15, 0.2) is 0 Å². The zero-order chi connectivity index (χ0) is 12.3. The monoisotopic (exact) mass is 250 g/mol. The van der Waals surface area contributed by atoms with Crippen molar-refractivity contribution in [2.45, 2.75) is 12.8 Å². The second kappa shape index (κ2) is 5.07. The number of methoxy groups -OCH3 is 1. The highest BCUT2D eigenvalue weighted by atomic mass is 35.5. The lowest BCUT2D eigenvalue weighted by Crippen LogP contribution is -2.08. The Kier molecular flexibility index (Phi) is 4.00. The number of aromatic nitrogens is 1. The van der Waals surface area contributed by atoms with Gasteiger partial charge in [-0.25, -0.2) is 13.8 Å². The Morgan fingerprint density at radius 2 is 2.31 bits per heavy atom. The van der Waals surface area contributed by atoms with E-state index in [2.05, 4.69) is 9.72 Å². The van der Waals surface area contributed by atoms with Crippen molar-refractivity contribution in [2.75, 3.05) is 12.8 Å². The van der Waals surface area contributed by atoms with Gasteiger partial charge >= 0.3 is 5.97 Å². The number of anilines is 1. The van der Waals surface area contributed by atoms with E-state index in [0.717, 1.165) is 0 Å². The molecule has 0 bridgehead atoms. The molecule has 0 saturated heterocycles. The summed E-state index contributed by atoms with van der Waals surface area (Å²) in [4.78, 5) is 14.6. The lowest BCUT2D eigenvalue weighted by Gasteiger charge is -2.08. The van der Waals surface area contributed by atoms with Crippen LogP contribution < -0.4 is 5.73 Å². The van der Waals surface area contributed by atoms with Gasteiger partial charge in [0.05, 0.1) is 24.8 Å². The number of nitrogens with two attached hydrogens (primary N) is 1. The minimum Gasteiger partial charge on any atom is -0.469 e. The molecule has 0 spiro atoms. The molecule has 0 fully saturated rings. The van der Waals surface area contributed by atoms with Crippen molar-refractivity contribution in [3.05, 3.63) is 22.5 Å². The summed E-state index contributed by atoms with van der Waals surface area (Å²) in [6.45, 7) is 0. The lowest BCUT2D eigenvalue weighted by atomic mass is 10.2. The highest BCUT2D eigenvalue weighted by Crippen LogP contribution is 2.31. The van der Waals surface area contributed by atoms with E-state index in [1.165, 1.54) is 13.2 Å². The van der Waals surface area contributed by atoms with E-state index in [1.807, 2.05) is 0 Å². The first-order valence-corrected chi connectivity index (χ1v) is 4.63. The molecular weight excluding hydrogens is 242 g/mol. The maximum Gasteiger partial charge on any atom is 0.311 e. The van der Waals surface area contributed by atoms with Gasteiger partial charge in [-0.3, -0.25) is 4.79 Å². The van der Waals surface area contributed by atoms with Crippen molar-refractivity contribution in [3.63, 3.8) is 0 Å². The van der Waals surface area contributed by atoms with E-state index < -0.39 is 23.1 Å². The first-order chi connectivity index (χ1) is 7.45. The Hall–Kier alpha value is -1.43. The number of alkyl halides is 2. The molecule has 2 N–H and O–H groups in total. The van der Waals surface area contributed by atoms with Crippen molar-refractivity contribution in [1.29, 1.82) is 0 Å². The Bertz CT molecular complexity index is 389. The standard InChI is InChI=1S/C9H9ClF2N2O2/c1-16-6(15)3-4-2-5(13)7(9(11)12)8(10)14-4/h2,9H,3H2,1H3,(H2,13,14). The molecular formula is C9H9ClF2N2O2. The number of ether oxygens (including phenoxy) is 1. The zero-order valence-corrected chi connectivity index (χ0v) is 9.09. The van der Waals surface area contributed by atoms with Crippen LogP contribution >= 0.6 is 11.6 Å². The summed E-state index contributed by atoms with van der Waals surface area (Å²) in [6.07, 6.45) is -2.96. The van der Waals surface area contributed by atoms with Crippen LogP contribution in [0.2, 0.25) is 5.15 Å². The van der Waals surface area contributed by atoms with E-state index in [0.29, 0.717) is 0 Å².